The Morgan fingerprint density at radius 2 is 1.89 bits per heavy atom. The molecule has 2 rings (SSSR count). The summed E-state index contributed by atoms with van der Waals surface area (Å²) in [5, 5.41) is 11.9. The van der Waals surface area contributed by atoms with Crippen molar-refractivity contribution in [3.8, 4) is 0 Å². The highest BCUT2D eigenvalue weighted by Gasteiger charge is 2.19. The minimum atomic E-state index is -1.08. The maximum absolute atomic E-state index is 12.0. The number of aryl methyl sites for hydroxylation is 2. The number of fused-ring (bicyclic) bond motifs is 1. The number of carbonyl (C=O) groups is 2. The van der Waals surface area contributed by atoms with E-state index in [1.54, 1.807) is 0 Å². The van der Waals surface area contributed by atoms with Crippen LogP contribution in [0.1, 0.15) is 28.4 Å². The monoisotopic (exact) mass is 261 g/mol. The van der Waals surface area contributed by atoms with Gasteiger partial charge < -0.3 is 14.8 Å². The molecule has 2 aromatic rings. The standard InChI is InChI=1S/C14H15NO4/c1-7-4-10-11(6-19-12(10)5-8(7)2)13(16)15-9(3)14(17)18/h4-6,9H,1-3H3,(H,15,16)(H,17,18)/t9-/m1/s1. The Bertz CT molecular complexity index is 657. The van der Waals surface area contributed by atoms with Crippen molar-refractivity contribution in [1.29, 1.82) is 0 Å². The quantitative estimate of drug-likeness (QED) is 0.888. The summed E-state index contributed by atoms with van der Waals surface area (Å²) in [5.41, 5.74) is 3.10. The highest BCUT2D eigenvalue weighted by atomic mass is 16.4. The van der Waals surface area contributed by atoms with Crippen LogP contribution in [0.4, 0.5) is 0 Å². The summed E-state index contributed by atoms with van der Waals surface area (Å²) in [7, 11) is 0. The molecule has 0 aliphatic heterocycles. The van der Waals surface area contributed by atoms with Crippen LogP contribution in [0.5, 0.6) is 0 Å². The first-order chi connectivity index (χ1) is 8.90. The van der Waals surface area contributed by atoms with Gasteiger partial charge in [0, 0.05) is 5.39 Å². The molecular weight excluding hydrogens is 246 g/mol. The third-order valence-corrected chi connectivity index (χ3v) is 3.15. The van der Waals surface area contributed by atoms with Gasteiger partial charge in [-0.15, -0.1) is 0 Å². The van der Waals surface area contributed by atoms with E-state index in [1.165, 1.54) is 13.2 Å². The minimum Gasteiger partial charge on any atom is -0.480 e. The summed E-state index contributed by atoms with van der Waals surface area (Å²) in [4.78, 5) is 22.7. The Kier molecular flexibility index (Phi) is 3.29. The number of aliphatic carboxylic acids is 1. The van der Waals surface area contributed by atoms with E-state index in [9.17, 15) is 9.59 Å². The van der Waals surface area contributed by atoms with Crippen molar-refractivity contribution in [2.45, 2.75) is 26.8 Å². The fraction of sp³-hybridized carbons (Fsp3) is 0.286. The zero-order valence-electron chi connectivity index (χ0n) is 11.0. The van der Waals surface area contributed by atoms with E-state index in [0.717, 1.165) is 11.1 Å². The van der Waals surface area contributed by atoms with E-state index >= 15 is 0 Å². The van der Waals surface area contributed by atoms with Crippen molar-refractivity contribution < 1.29 is 19.1 Å². The predicted octanol–water partition coefficient (Wildman–Crippen LogP) is 2.25. The molecule has 19 heavy (non-hydrogen) atoms. The molecule has 0 fully saturated rings. The summed E-state index contributed by atoms with van der Waals surface area (Å²) >= 11 is 0. The van der Waals surface area contributed by atoms with Crippen molar-refractivity contribution in [1.82, 2.24) is 5.32 Å². The van der Waals surface area contributed by atoms with Gasteiger partial charge in [0.05, 0.1) is 5.56 Å². The van der Waals surface area contributed by atoms with E-state index in [2.05, 4.69) is 5.32 Å². The van der Waals surface area contributed by atoms with Gasteiger partial charge in [-0.3, -0.25) is 9.59 Å². The normalized spacial score (nSPS) is 12.4. The van der Waals surface area contributed by atoms with Crippen molar-refractivity contribution in [3.63, 3.8) is 0 Å². The van der Waals surface area contributed by atoms with E-state index < -0.39 is 17.9 Å². The van der Waals surface area contributed by atoms with Gasteiger partial charge in [0.15, 0.2) is 0 Å². The molecule has 5 heteroatoms. The van der Waals surface area contributed by atoms with E-state index in [4.69, 9.17) is 9.52 Å². The molecule has 1 atom stereocenters. The van der Waals surface area contributed by atoms with Crippen molar-refractivity contribution in [2.75, 3.05) is 0 Å². The Labute approximate surface area is 110 Å². The van der Waals surface area contributed by atoms with Crippen LogP contribution in [0.15, 0.2) is 22.8 Å². The van der Waals surface area contributed by atoms with Crippen LogP contribution in [0.3, 0.4) is 0 Å². The fourth-order valence-electron chi connectivity index (χ4n) is 1.80. The summed E-state index contributed by atoms with van der Waals surface area (Å²) in [5.74, 6) is -1.52. The Balaban J connectivity index is 2.38. The van der Waals surface area contributed by atoms with Gasteiger partial charge in [-0.2, -0.15) is 0 Å². The fourth-order valence-corrected chi connectivity index (χ4v) is 1.80. The van der Waals surface area contributed by atoms with Crippen LogP contribution < -0.4 is 5.32 Å². The van der Waals surface area contributed by atoms with E-state index in [0.29, 0.717) is 16.5 Å². The summed E-state index contributed by atoms with van der Waals surface area (Å²) < 4.78 is 5.34. The van der Waals surface area contributed by atoms with Gasteiger partial charge >= 0.3 is 5.97 Å². The highest BCUT2D eigenvalue weighted by molar-refractivity contribution is 6.07. The molecule has 0 bridgehead atoms. The molecule has 0 radical (unpaired) electrons. The minimum absolute atomic E-state index is 0.353. The van der Waals surface area contributed by atoms with Crippen LogP contribution in [0.25, 0.3) is 11.0 Å². The van der Waals surface area contributed by atoms with Gasteiger partial charge in [0.1, 0.15) is 17.9 Å². The molecule has 1 amide bonds. The molecule has 0 spiro atoms. The van der Waals surface area contributed by atoms with Crippen LogP contribution in [-0.4, -0.2) is 23.0 Å². The molecule has 0 unspecified atom stereocenters. The molecule has 1 heterocycles. The molecule has 100 valence electrons. The Hall–Kier alpha value is -2.30. The molecule has 0 saturated heterocycles. The van der Waals surface area contributed by atoms with Crippen LogP contribution >= 0.6 is 0 Å². The number of carbonyl (C=O) groups excluding carboxylic acids is 1. The second-order valence-corrected chi connectivity index (χ2v) is 4.62. The van der Waals surface area contributed by atoms with Gasteiger partial charge in [-0.05, 0) is 44.0 Å². The maximum atomic E-state index is 12.0. The first kappa shape index (κ1) is 13.1. The number of carboxylic acids is 1. The molecule has 0 aliphatic rings. The number of hydrogen-bond donors (Lipinski definition) is 2. The van der Waals surface area contributed by atoms with Crippen molar-refractivity contribution in [3.05, 3.63) is 35.1 Å². The Morgan fingerprint density at radius 1 is 1.26 bits per heavy atom. The average Bonchev–Trinajstić information content (AvgIpc) is 2.72. The summed E-state index contributed by atoms with van der Waals surface area (Å²) in [6, 6.07) is 2.79. The average molecular weight is 261 g/mol. The third-order valence-electron chi connectivity index (χ3n) is 3.15. The SMILES string of the molecule is Cc1cc2occ(C(=O)N[C@H](C)C(=O)O)c2cc1C. The number of benzene rings is 1. The van der Waals surface area contributed by atoms with Crippen molar-refractivity contribution >= 4 is 22.8 Å². The molecule has 0 aliphatic carbocycles. The lowest BCUT2D eigenvalue weighted by Gasteiger charge is -2.08. The lowest BCUT2D eigenvalue weighted by atomic mass is 10.1. The number of carboxylic acid groups (broad SMARTS) is 1. The lowest BCUT2D eigenvalue weighted by molar-refractivity contribution is -0.138. The van der Waals surface area contributed by atoms with E-state index in [1.807, 2.05) is 26.0 Å². The molecular formula is C14H15NO4. The summed E-state index contributed by atoms with van der Waals surface area (Å²) in [6.45, 7) is 5.32. The maximum Gasteiger partial charge on any atom is 0.325 e. The number of nitrogens with one attached hydrogen (secondary N) is 1. The zero-order valence-corrected chi connectivity index (χ0v) is 11.0. The number of furan rings is 1. The largest absolute Gasteiger partial charge is 0.480 e. The molecule has 1 aromatic carbocycles. The lowest BCUT2D eigenvalue weighted by Crippen LogP contribution is -2.38. The second kappa shape index (κ2) is 4.76. The van der Waals surface area contributed by atoms with Crippen LogP contribution in [0, 0.1) is 13.8 Å². The van der Waals surface area contributed by atoms with Gasteiger partial charge in [0.2, 0.25) is 0 Å². The predicted molar refractivity (Wildman–Crippen MR) is 70.3 cm³/mol. The van der Waals surface area contributed by atoms with Crippen LogP contribution in [-0.2, 0) is 4.79 Å². The second-order valence-electron chi connectivity index (χ2n) is 4.62. The van der Waals surface area contributed by atoms with Crippen LogP contribution in [0.2, 0.25) is 0 Å². The topological polar surface area (TPSA) is 79.5 Å². The molecule has 5 nitrogen and oxygen atoms in total. The molecule has 1 aromatic heterocycles. The molecule has 0 saturated carbocycles. The number of rotatable bonds is 3. The summed E-state index contributed by atoms with van der Waals surface area (Å²) in [6.07, 6.45) is 1.35. The van der Waals surface area contributed by atoms with Crippen molar-refractivity contribution in [2.24, 2.45) is 0 Å². The van der Waals surface area contributed by atoms with Gasteiger partial charge in [-0.1, -0.05) is 0 Å². The molecule has 2 N–H and O–H groups in total. The number of amides is 1. The number of hydrogen-bond acceptors (Lipinski definition) is 3. The van der Waals surface area contributed by atoms with Gasteiger partial charge in [-0.25, -0.2) is 0 Å². The zero-order chi connectivity index (χ0) is 14.2. The highest BCUT2D eigenvalue weighted by Crippen LogP contribution is 2.24. The third kappa shape index (κ3) is 2.45. The van der Waals surface area contributed by atoms with Gasteiger partial charge in [0.25, 0.3) is 5.91 Å². The smallest absolute Gasteiger partial charge is 0.325 e. The first-order valence-electron chi connectivity index (χ1n) is 5.92. The first-order valence-corrected chi connectivity index (χ1v) is 5.92. The Morgan fingerprint density at radius 3 is 2.53 bits per heavy atom. The van der Waals surface area contributed by atoms with E-state index in [-0.39, 0.29) is 0 Å².